The van der Waals surface area contributed by atoms with Crippen LogP contribution in [0, 0.1) is 0 Å². The van der Waals surface area contributed by atoms with Gasteiger partial charge in [0, 0.05) is 40.5 Å². The molecule has 0 amide bonds. The Morgan fingerprint density at radius 3 is 2.74 bits per heavy atom. The number of hydrogen-bond donors (Lipinski definition) is 1. The van der Waals surface area contributed by atoms with Crippen LogP contribution >= 0.6 is 35.0 Å². The standard InChI is InChI=1S/C21H25Cl2N5O2S/c1-3-29-19-7-4-6-15(13-24-10-5-11-31-21-25-26-27-28(21)2)20(19)30-14-16-8-9-17(22)12-18(16)23/h4,6-9,12,24H,3,5,10-11,13-14H2,1-2H3. The molecule has 10 heteroatoms. The molecule has 0 atom stereocenters. The van der Waals surface area contributed by atoms with E-state index in [1.807, 2.05) is 38.2 Å². The number of thioether (sulfide) groups is 1. The first-order valence-electron chi connectivity index (χ1n) is 9.95. The fourth-order valence-corrected chi connectivity index (χ4v) is 4.10. The van der Waals surface area contributed by atoms with Gasteiger partial charge in [-0.3, -0.25) is 0 Å². The fourth-order valence-electron chi connectivity index (χ4n) is 2.85. The lowest BCUT2D eigenvalue weighted by Gasteiger charge is -2.17. The number of aromatic nitrogens is 4. The Labute approximate surface area is 196 Å². The summed E-state index contributed by atoms with van der Waals surface area (Å²) < 4.78 is 13.6. The third-order valence-corrected chi connectivity index (χ3v) is 6.06. The summed E-state index contributed by atoms with van der Waals surface area (Å²) in [6.07, 6.45) is 0.985. The average molecular weight is 482 g/mol. The van der Waals surface area contributed by atoms with Crippen LogP contribution in [0.25, 0.3) is 0 Å². The first-order chi connectivity index (χ1) is 15.1. The number of rotatable bonds is 12. The van der Waals surface area contributed by atoms with Gasteiger partial charge in [-0.2, -0.15) is 0 Å². The molecule has 0 saturated heterocycles. The van der Waals surface area contributed by atoms with Crippen molar-refractivity contribution in [2.45, 2.75) is 31.7 Å². The van der Waals surface area contributed by atoms with Crippen molar-refractivity contribution in [1.82, 2.24) is 25.5 Å². The van der Waals surface area contributed by atoms with E-state index < -0.39 is 0 Å². The second kappa shape index (κ2) is 12.1. The maximum atomic E-state index is 6.29. The molecule has 7 nitrogen and oxygen atoms in total. The molecule has 0 aliphatic heterocycles. The van der Waals surface area contributed by atoms with Gasteiger partial charge in [-0.25, -0.2) is 4.68 Å². The Balaban J connectivity index is 1.56. The van der Waals surface area contributed by atoms with E-state index in [0.717, 1.165) is 46.5 Å². The van der Waals surface area contributed by atoms with E-state index >= 15 is 0 Å². The number of halogens is 2. The molecule has 0 radical (unpaired) electrons. The van der Waals surface area contributed by atoms with Gasteiger partial charge in [0.15, 0.2) is 11.5 Å². The first-order valence-corrected chi connectivity index (χ1v) is 11.7. The number of tetrazole rings is 1. The van der Waals surface area contributed by atoms with Gasteiger partial charge in [0.2, 0.25) is 5.16 Å². The molecular weight excluding hydrogens is 457 g/mol. The van der Waals surface area contributed by atoms with Crippen LogP contribution in [0.15, 0.2) is 41.6 Å². The molecule has 0 aliphatic rings. The number of benzene rings is 2. The van der Waals surface area contributed by atoms with Crippen molar-refractivity contribution in [2.24, 2.45) is 7.05 Å². The fraction of sp³-hybridized carbons (Fsp3) is 0.381. The van der Waals surface area contributed by atoms with E-state index in [4.69, 9.17) is 32.7 Å². The third-order valence-electron chi connectivity index (χ3n) is 4.37. The summed E-state index contributed by atoms with van der Waals surface area (Å²) in [5.41, 5.74) is 1.90. The molecule has 0 unspecified atom stereocenters. The number of hydrogen-bond acceptors (Lipinski definition) is 7. The Hall–Kier alpha value is -2.00. The average Bonchev–Trinajstić information content (AvgIpc) is 3.16. The molecule has 0 spiro atoms. The lowest BCUT2D eigenvalue weighted by atomic mass is 10.1. The Morgan fingerprint density at radius 2 is 2.00 bits per heavy atom. The van der Waals surface area contributed by atoms with E-state index in [1.165, 1.54) is 0 Å². The highest BCUT2D eigenvalue weighted by Crippen LogP contribution is 2.33. The third kappa shape index (κ3) is 7.00. The largest absolute Gasteiger partial charge is 0.490 e. The highest BCUT2D eigenvalue weighted by Gasteiger charge is 2.12. The van der Waals surface area contributed by atoms with Crippen LogP contribution in [0.4, 0.5) is 0 Å². The summed E-state index contributed by atoms with van der Waals surface area (Å²) in [5.74, 6) is 2.37. The molecule has 0 saturated carbocycles. The summed E-state index contributed by atoms with van der Waals surface area (Å²) in [4.78, 5) is 0. The van der Waals surface area contributed by atoms with E-state index in [0.29, 0.717) is 29.8 Å². The number of nitrogens with one attached hydrogen (secondary N) is 1. The second-order valence-corrected chi connectivity index (χ2v) is 8.57. The molecule has 3 rings (SSSR count). The van der Waals surface area contributed by atoms with Crippen LogP contribution < -0.4 is 14.8 Å². The normalized spacial score (nSPS) is 11.0. The zero-order valence-corrected chi connectivity index (χ0v) is 19.8. The van der Waals surface area contributed by atoms with E-state index in [1.54, 1.807) is 28.6 Å². The molecule has 166 valence electrons. The van der Waals surface area contributed by atoms with Crippen molar-refractivity contribution in [3.05, 3.63) is 57.6 Å². The smallest absolute Gasteiger partial charge is 0.209 e. The van der Waals surface area contributed by atoms with Crippen LogP contribution in [0.5, 0.6) is 11.5 Å². The predicted octanol–water partition coefficient (Wildman–Crippen LogP) is 4.77. The number of nitrogens with zero attached hydrogens (tertiary/aromatic N) is 4. The van der Waals surface area contributed by atoms with Crippen molar-refractivity contribution < 1.29 is 9.47 Å². The Kier molecular flexibility index (Phi) is 9.27. The maximum Gasteiger partial charge on any atom is 0.209 e. The molecule has 1 heterocycles. The lowest BCUT2D eigenvalue weighted by Crippen LogP contribution is -2.16. The topological polar surface area (TPSA) is 74.1 Å². The molecule has 0 fully saturated rings. The van der Waals surface area contributed by atoms with Gasteiger partial charge in [0.1, 0.15) is 6.61 Å². The number of para-hydroxylation sites is 1. The number of ether oxygens (including phenoxy) is 2. The summed E-state index contributed by atoms with van der Waals surface area (Å²) in [6.45, 7) is 4.37. The Morgan fingerprint density at radius 1 is 1.13 bits per heavy atom. The Bertz CT molecular complexity index is 986. The highest BCUT2D eigenvalue weighted by atomic mass is 35.5. The van der Waals surface area contributed by atoms with Gasteiger partial charge in [-0.05, 0) is 48.5 Å². The molecule has 1 N–H and O–H groups in total. The predicted molar refractivity (Wildman–Crippen MR) is 124 cm³/mol. The minimum atomic E-state index is 0.329. The van der Waals surface area contributed by atoms with Crippen molar-refractivity contribution in [1.29, 1.82) is 0 Å². The second-order valence-electron chi connectivity index (χ2n) is 6.67. The lowest BCUT2D eigenvalue weighted by molar-refractivity contribution is 0.266. The van der Waals surface area contributed by atoms with Crippen LogP contribution in [0.3, 0.4) is 0 Å². The molecule has 2 aromatic carbocycles. The summed E-state index contributed by atoms with van der Waals surface area (Å²) in [6, 6.07) is 11.3. The minimum absolute atomic E-state index is 0.329. The molecule has 31 heavy (non-hydrogen) atoms. The monoisotopic (exact) mass is 481 g/mol. The van der Waals surface area contributed by atoms with Crippen LogP contribution in [-0.2, 0) is 20.2 Å². The van der Waals surface area contributed by atoms with Gasteiger partial charge in [0.05, 0.1) is 6.61 Å². The minimum Gasteiger partial charge on any atom is -0.490 e. The molecule has 3 aromatic rings. The van der Waals surface area contributed by atoms with E-state index in [9.17, 15) is 0 Å². The van der Waals surface area contributed by atoms with Crippen molar-refractivity contribution in [3.8, 4) is 11.5 Å². The van der Waals surface area contributed by atoms with E-state index in [2.05, 4.69) is 20.8 Å². The van der Waals surface area contributed by atoms with Gasteiger partial charge in [0.25, 0.3) is 0 Å². The molecule has 1 aromatic heterocycles. The van der Waals surface area contributed by atoms with Crippen LogP contribution in [0.2, 0.25) is 10.0 Å². The first kappa shape index (κ1) is 23.7. The van der Waals surface area contributed by atoms with Gasteiger partial charge < -0.3 is 14.8 Å². The molecular formula is C21H25Cl2N5O2S. The summed E-state index contributed by atoms with van der Waals surface area (Å²) >= 11 is 13.9. The van der Waals surface area contributed by atoms with Gasteiger partial charge >= 0.3 is 0 Å². The maximum absolute atomic E-state index is 6.29. The highest BCUT2D eigenvalue weighted by molar-refractivity contribution is 7.99. The zero-order valence-electron chi connectivity index (χ0n) is 17.5. The van der Waals surface area contributed by atoms with Crippen molar-refractivity contribution >= 4 is 35.0 Å². The van der Waals surface area contributed by atoms with Crippen LogP contribution in [0.1, 0.15) is 24.5 Å². The van der Waals surface area contributed by atoms with Crippen molar-refractivity contribution in [2.75, 3.05) is 18.9 Å². The van der Waals surface area contributed by atoms with Crippen LogP contribution in [-0.4, -0.2) is 39.1 Å². The summed E-state index contributed by atoms with van der Waals surface area (Å²) in [7, 11) is 1.84. The number of aryl methyl sites for hydroxylation is 1. The van der Waals surface area contributed by atoms with Gasteiger partial charge in [-0.1, -0.05) is 53.2 Å². The molecule has 0 aliphatic carbocycles. The van der Waals surface area contributed by atoms with Gasteiger partial charge in [-0.15, -0.1) is 5.10 Å². The summed E-state index contributed by atoms with van der Waals surface area (Å²) in [5, 5.41) is 16.9. The van der Waals surface area contributed by atoms with E-state index in [-0.39, 0.29) is 0 Å². The quantitative estimate of drug-likeness (QED) is 0.295. The van der Waals surface area contributed by atoms with Crippen molar-refractivity contribution in [3.63, 3.8) is 0 Å². The SMILES string of the molecule is CCOc1cccc(CNCCCSc2nnnn2C)c1OCc1ccc(Cl)cc1Cl. The zero-order chi connectivity index (χ0) is 22.1. The molecule has 0 bridgehead atoms.